The number of amides is 3. The van der Waals surface area contributed by atoms with Gasteiger partial charge in [-0.3, -0.25) is 14.4 Å². The van der Waals surface area contributed by atoms with Gasteiger partial charge in [0.25, 0.3) is 17.7 Å². The molecule has 2 aliphatic heterocycles. The van der Waals surface area contributed by atoms with Gasteiger partial charge >= 0.3 is 0 Å². The van der Waals surface area contributed by atoms with Crippen molar-refractivity contribution in [2.45, 2.75) is 6.42 Å². The molecule has 1 aromatic rings. The first-order valence-corrected chi connectivity index (χ1v) is 9.78. The molecule has 2 bridgehead atoms. The van der Waals surface area contributed by atoms with Crippen molar-refractivity contribution in [3.05, 3.63) is 52.7 Å². The molecule has 2 heterocycles. The average molecular weight is 400 g/mol. The van der Waals surface area contributed by atoms with Gasteiger partial charge in [-0.05, 0) is 54.2 Å². The highest BCUT2D eigenvalue weighted by molar-refractivity contribution is 8.26. The molecule has 4 atom stereocenters. The van der Waals surface area contributed by atoms with E-state index in [9.17, 15) is 18.8 Å². The Kier molecular flexibility index (Phi) is 3.64. The number of benzene rings is 1. The molecule has 5 nitrogen and oxygen atoms in total. The molecule has 0 aromatic heterocycles. The van der Waals surface area contributed by atoms with Crippen LogP contribution in [0, 0.1) is 29.5 Å². The van der Waals surface area contributed by atoms with Gasteiger partial charge in [0, 0.05) is 0 Å². The zero-order valence-corrected chi connectivity index (χ0v) is 15.5. The standard InChI is InChI=1S/C19H13FN2O3S2/c20-12-5-1-9(2-6-12)7-13-16(23)22(19(26)27-13)21-17(24)14-10-3-4-11(8-10)15(14)18(21)25/h1-7,10-11,14-15H,8H2/b13-7+. The van der Waals surface area contributed by atoms with E-state index in [0.717, 1.165) is 28.2 Å². The molecule has 2 aliphatic carbocycles. The monoisotopic (exact) mass is 400 g/mol. The van der Waals surface area contributed by atoms with Gasteiger partial charge in [-0.2, -0.15) is 10.0 Å². The molecule has 8 heteroatoms. The molecular formula is C19H13FN2O3S2. The summed E-state index contributed by atoms with van der Waals surface area (Å²) in [6, 6.07) is 5.68. The third kappa shape index (κ3) is 2.36. The largest absolute Gasteiger partial charge is 0.285 e. The Morgan fingerprint density at radius 2 is 1.59 bits per heavy atom. The van der Waals surface area contributed by atoms with E-state index in [2.05, 4.69) is 0 Å². The van der Waals surface area contributed by atoms with Crippen molar-refractivity contribution in [3.63, 3.8) is 0 Å². The van der Waals surface area contributed by atoms with E-state index in [-0.39, 0.29) is 33.8 Å². The summed E-state index contributed by atoms with van der Waals surface area (Å²) in [6.07, 6.45) is 6.40. The maximum atomic E-state index is 13.1. The first kappa shape index (κ1) is 16.8. The fourth-order valence-corrected chi connectivity index (χ4v) is 5.67. The van der Waals surface area contributed by atoms with Crippen molar-refractivity contribution in [1.82, 2.24) is 10.0 Å². The van der Waals surface area contributed by atoms with E-state index < -0.39 is 17.7 Å². The molecule has 4 aliphatic rings. The zero-order valence-electron chi connectivity index (χ0n) is 13.9. The van der Waals surface area contributed by atoms with Crippen LogP contribution in [0.4, 0.5) is 4.39 Å². The summed E-state index contributed by atoms with van der Waals surface area (Å²) < 4.78 is 13.2. The Balaban J connectivity index is 1.45. The number of carbonyl (C=O) groups excluding carboxylic acids is 3. The van der Waals surface area contributed by atoms with Gasteiger partial charge < -0.3 is 0 Å². The van der Waals surface area contributed by atoms with E-state index in [0.29, 0.717) is 10.5 Å². The number of hydrogen-bond acceptors (Lipinski definition) is 5. The van der Waals surface area contributed by atoms with Gasteiger partial charge in [-0.25, -0.2) is 4.39 Å². The van der Waals surface area contributed by atoms with Crippen LogP contribution in [0.1, 0.15) is 12.0 Å². The number of hydrogen-bond donors (Lipinski definition) is 0. The third-order valence-electron chi connectivity index (χ3n) is 5.59. The van der Waals surface area contributed by atoms with Crippen LogP contribution in [0.15, 0.2) is 41.3 Å². The van der Waals surface area contributed by atoms with Crippen LogP contribution in [0.25, 0.3) is 6.08 Å². The fraction of sp³-hybridized carbons (Fsp3) is 0.263. The van der Waals surface area contributed by atoms with Crippen LogP contribution in [-0.4, -0.2) is 32.1 Å². The summed E-state index contributed by atoms with van der Waals surface area (Å²) >= 11 is 6.32. The summed E-state index contributed by atoms with van der Waals surface area (Å²) in [4.78, 5) is 39.0. The predicted molar refractivity (Wildman–Crippen MR) is 101 cm³/mol. The van der Waals surface area contributed by atoms with Gasteiger partial charge in [-0.1, -0.05) is 36.0 Å². The zero-order chi connectivity index (χ0) is 18.9. The summed E-state index contributed by atoms with van der Waals surface area (Å²) in [5.41, 5.74) is 0.634. The minimum atomic E-state index is -0.503. The van der Waals surface area contributed by atoms with Gasteiger partial charge in [0.2, 0.25) is 0 Å². The highest BCUT2D eigenvalue weighted by atomic mass is 32.2. The first-order valence-electron chi connectivity index (χ1n) is 8.55. The fourth-order valence-electron chi connectivity index (χ4n) is 4.43. The van der Waals surface area contributed by atoms with Crippen LogP contribution < -0.4 is 0 Å². The molecule has 27 heavy (non-hydrogen) atoms. The van der Waals surface area contributed by atoms with Crippen LogP contribution >= 0.6 is 24.0 Å². The molecule has 1 saturated carbocycles. The number of hydrazine groups is 1. The van der Waals surface area contributed by atoms with Crippen molar-refractivity contribution in [1.29, 1.82) is 0 Å². The van der Waals surface area contributed by atoms with Gasteiger partial charge in [0.15, 0.2) is 4.32 Å². The Bertz CT molecular complexity index is 942. The van der Waals surface area contributed by atoms with E-state index in [1.165, 1.54) is 12.1 Å². The molecule has 0 spiro atoms. The number of thioether (sulfide) groups is 1. The second-order valence-corrected chi connectivity index (χ2v) is 8.71. The molecule has 3 fully saturated rings. The molecule has 136 valence electrons. The van der Waals surface area contributed by atoms with E-state index in [1.54, 1.807) is 18.2 Å². The van der Waals surface area contributed by atoms with Crippen LogP contribution in [0.3, 0.4) is 0 Å². The minimum absolute atomic E-state index is 0.0645. The normalized spacial score (nSPS) is 33.1. The number of thiocarbonyl (C=S) groups is 1. The molecule has 0 radical (unpaired) electrons. The lowest BCUT2D eigenvalue weighted by molar-refractivity contribution is -0.159. The Morgan fingerprint density at radius 3 is 2.19 bits per heavy atom. The topological polar surface area (TPSA) is 57.7 Å². The quantitative estimate of drug-likeness (QED) is 0.331. The van der Waals surface area contributed by atoms with Crippen molar-refractivity contribution in [2.24, 2.45) is 23.7 Å². The van der Waals surface area contributed by atoms with E-state index in [4.69, 9.17) is 12.2 Å². The van der Waals surface area contributed by atoms with Crippen molar-refractivity contribution < 1.29 is 18.8 Å². The summed E-state index contributed by atoms with van der Waals surface area (Å²) in [5, 5.41) is 1.97. The highest BCUT2D eigenvalue weighted by Gasteiger charge is 2.62. The van der Waals surface area contributed by atoms with Crippen LogP contribution in [0.5, 0.6) is 0 Å². The van der Waals surface area contributed by atoms with Crippen molar-refractivity contribution >= 4 is 52.1 Å². The first-order chi connectivity index (χ1) is 13.0. The average Bonchev–Trinajstić information content (AvgIpc) is 3.37. The maximum absolute atomic E-state index is 13.1. The third-order valence-corrected chi connectivity index (χ3v) is 6.87. The minimum Gasteiger partial charge on any atom is -0.272 e. The molecule has 2 saturated heterocycles. The highest BCUT2D eigenvalue weighted by Crippen LogP contribution is 2.53. The van der Waals surface area contributed by atoms with Crippen LogP contribution in [-0.2, 0) is 14.4 Å². The lowest BCUT2D eigenvalue weighted by atomic mass is 9.85. The molecule has 4 unspecified atom stereocenters. The molecule has 0 N–H and O–H groups in total. The van der Waals surface area contributed by atoms with Gasteiger partial charge in [-0.15, -0.1) is 0 Å². The van der Waals surface area contributed by atoms with Gasteiger partial charge in [0.05, 0.1) is 16.7 Å². The molecule has 3 amide bonds. The number of rotatable bonds is 2. The van der Waals surface area contributed by atoms with Crippen molar-refractivity contribution in [2.75, 3.05) is 0 Å². The summed E-state index contributed by atoms with van der Waals surface area (Å²) in [6.45, 7) is 0. The molecular weight excluding hydrogens is 387 g/mol. The Hall–Kier alpha value is -2.32. The van der Waals surface area contributed by atoms with E-state index >= 15 is 0 Å². The van der Waals surface area contributed by atoms with Crippen molar-refractivity contribution in [3.8, 4) is 0 Å². The molecule has 5 rings (SSSR count). The number of fused-ring (bicyclic) bond motifs is 5. The van der Waals surface area contributed by atoms with Crippen LogP contribution in [0.2, 0.25) is 0 Å². The SMILES string of the molecule is O=C1/C(=C\c2ccc(F)cc2)SC(=S)N1N1C(=O)C2C3C=CC(C3)C2C1=O. The Morgan fingerprint density at radius 1 is 1.00 bits per heavy atom. The number of imide groups is 1. The molecule has 1 aromatic carbocycles. The second kappa shape index (κ2) is 5.84. The van der Waals surface area contributed by atoms with Gasteiger partial charge in [0.1, 0.15) is 5.82 Å². The number of carbonyl (C=O) groups is 3. The number of halogens is 1. The number of allylic oxidation sites excluding steroid dienone is 2. The smallest absolute Gasteiger partial charge is 0.272 e. The lowest BCUT2D eigenvalue weighted by Crippen LogP contribution is -2.49. The maximum Gasteiger partial charge on any atom is 0.285 e. The Labute approximate surface area is 163 Å². The lowest BCUT2D eigenvalue weighted by Gasteiger charge is -2.25. The number of nitrogens with zero attached hydrogens (tertiary/aromatic N) is 2. The summed E-state index contributed by atoms with van der Waals surface area (Å²) in [5.74, 6) is -2.22. The van der Waals surface area contributed by atoms with E-state index in [1.807, 2.05) is 12.2 Å². The summed E-state index contributed by atoms with van der Waals surface area (Å²) in [7, 11) is 0. The predicted octanol–water partition coefficient (Wildman–Crippen LogP) is 2.75. The second-order valence-electron chi connectivity index (χ2n) is 7.03.